The fourth-order valence-electron chi connectivity index (χ4n) is 2.28. The standard InChI is InChI=1S/C15H18N4S/c1-11(16-6-3-13-4-7-18-19(13)2)12-9-15-14(17-10-12)5-8-20-15/h4-5,7-11,16H,3,6H2,1-2H3. The maximum absolute atomic E-state index is 4.49. The third-order valence-corrected chi connectivity index (χ3v) is 4.43. The second-order valence-corrected chi connectivity index (χ2v) is 5.89. The van der Waals surface area contributed by atoms with Crippen molar-refractivity contribution in [3.05, 3.63) is 47.2 Å². The van der Waals surface area contributed by atoms with Crippen LogP contribution in [0.25, 0.3) is 10.2 Å². The van der Waals surface area contributed by atoms with Gasteiger partial charge in [0.2, 0.25) is 0 Å². The summed E-state index contributed by atoms with van der Waals surface area (Å²) in [6.45, 7) is 3.11. The molecule has 3 aromatic rings. The van der Waals surface area contributed by atoms with E-state index in [4.69, 9.17) is 0 Å². The van der Waals surface area contributed by atoms with E-state index >= 15 is 0 Å². The van der Waals surface area contributed by atoms with Gasteiger partial charge in [0.05, 0.1) is 10.2 Å². The Balaban J connectivity index is 1.61. The monoisotopic (exact) mass is 286 g/mol. The molecule has 0 aliphatic heterocycles. The molecule has 0 amide bonds. The van der Waals surface area contributed by atoms with Crippen LogP contribution in [0, 0.1) is 0 Å². The molecule has 20 heavy (non-hydrogen) atoms. The molecule has 0 spiro atoms. The molecular weight excluding hydrogens is 268 g/mol. The van der Waals surface area contributed by atoms with Crippen molar-refractivity contribution in [2.75, 3.05) is 6.54 Å². The lowest BCUT2D eigenvalue weighted by molar-refractivity contribution is 0.563. The molecule has 0 aliphatic carbocycles. The summed E-state index contributed by atoms with van der Waals surface area (Å²) >= 11 is 1.74. The molecule has 1 atom stereocenters. The predicted molar refractivity (Wildman–Crippen MR) is 82.9 cm³/mol. The lowest BCUT2D eigenvalue weighted by Crippen LogP contribution is -2.22. The summed E-state index contributed by atoms with van der Waals surface area (Å²) < 4.78 is 3.17. The molecule has 0 radical (unpaired) electrons. The molecule has 0 aliphatic rings. The maximum atomic E-state index is 4.49. The van der Waals surface area contributed by atoms with E-state index < -0.39 is 0 Å². The summed E-state index contributed by atoms with van der Waals surface area (Å²) in [6.07, 6.45) is 4.79. The van der Waals surface area contributed by atoms with Crippen LogP contribution in [0.3, 0.4) is 0 Å². The zero-order chi connectivity index (χ0) is 13.9. The largest absolute Gasteiger partial charge is 0.310 e. The summed E-state index contributed by atoms with van der Waals surface area (Å²) in [5, 5.41) is 9.81. The van der Waals surface area contributed by atoms with Gasteiger partial charge in [-0.3, -0.25) is 9.67 Å². The van der Waals surface area contributed by atoms with Gasteiger partial charge in [-0.05, 0) is 36.1 Å². The van der Waals surface area contributed by atoms with Gasteiger partial charge in [0, 0.05) is 44.1 Å². The molecule has 4 nitrogen and oxygen atoms in total. The number of rotatable bonds is 5. The fourth-order valence-corrected chi connectivity index (χ4v) is 3.07. The normalized spacial score (nSPS) is 12.9. The van der Waals surface area contributed by atoms with Gasteiger partial charge in [0.25, 0.3) is 0 Å². The molecule has 0 saturated carbocycles. The topological polar surface area (TPSA) is 42.7 Å². The van der Waals surface area contributed by atoms with Crippen LogP contribution in [0.2, 0.25) is 0 Å². The Kier molecular flexibility index (Phi) is 3.80. The number of thiophene rings is 1. The lowest BCUT2D eigenvalue weighted by Gasteiger charge is -2.14. The first-order valence-corrected chi connectivity index (χ1v) is 7.65. The van der Waals surface area contributed by atoms with Crippen LogP contribution in [0.4, 0.5) is 0 Å². The minimum Gasteiger partial charge on any atom is -0.310 e. The summed E-state index contributed by atoms with van der Waals surface area (Å²) in [6, 6.07) is 6.66. The second-order valence-electron chi connectivity index (χ2n) is 4.94. The van der Waals surface area contributed by atoms with E-state index in [9.17, 15) is 0 Å². The van der Waals surface area contributed by atoms with Crippen LogP contribution in [-0.2, 0) is 13.5 Å². The molecule has 0 saturated heterocycles. The van der Waals surface area contributed by atoms with Gasteiger partial charge in [0.1, 0.15) is 0 Å². The maximum Gasteiger partial charge on any atom is 0.0809 e. The third-order valence-electron chi connectivity index (χ3n) is 3.58. The highest BCUT2D eigenvalue weighted by Crippen LogP contribution is 2.22. The fraction of sp³-hybridized carbons (Fsp3) is 0.333. The first-order chi connectivity index (χ1) is 9.74. The number of pyridine rings is 1. The summed E-state index contributed by atoms with van der Waals surface area (Å²) in [4.78, 5) is 4.49. The summed E-state index contributed by atoms with van der Waals surface area (Å²) in [7, 11) is 1.98. The Morgan fingerprint density at radius 3 is 3.10 bits per heavy atom. The van der Waals surface area contributed by atoms with Crippen LogP contribution < -0.4 is 5.32 Å². The molecule has 3 heterocycles. The predicted octanol–water partition coefficient (Wildman–Crippen LogP) is 2.92. The molecule has 104 valence electrons. The Morgan fingerprint density at radius 2 is 2.30 bits per heavy atom. The molecular formula is C15H18N4S. The summed E-state index contributed by atoms with van der Waals surface area (Å²) in [5.41, 5.74) is 3.57. The molecule has 1 N–H and O–H groups in total. The Labute approximate surface area is 122 Å². The molecule has 0 fully saturated rings. The van der Waals surface area contributed by atoms with Crippen LogP contribution in [0.15, 0.2) is 36.0 Å². The molecule has 3 aromatic heterocycles. The van der Waals surface area contributed by atoms with Gasteiger partial charge in [-0.25, -0.2) is 0 Å². The van der Waals surface area contributed by atoms with Crippen LogP contribution in [-0.4, -0.2) is 21.3 Å². The average Bonchev–Trinajstić information content (AvgIpc) is 3.07. The molecule has 0 bridgehead atoms. The lowest BCUT2D eigenvalue weighted by atomic mass is 10.1. The average molecular weight is 286 g/mol. The van der Waals surface area contributed by atoms with Gasteiger partial charge >= 0.3 is 0 Å². The zero-order valence-electron chi connectivity index (χ0n) is 11.7. The number of hydrogen-bond acceptors (Lipinski definition) is 4. The Bertz CT molecular complexity index is 701. The number of nitrogens with zero attached hydrogens (tertiary/aromatic N) is 3. The van der Waals surface area contributed by atoms with Crippen molar-refractivity contribution in [3.8, 4) is 0 Å². The van der Waals surface area contributed by atoms with E-state index in [1.807, 2.05) is 24.1 Å². The SMILES string of the molecule is CC(NCCc1ccnn1C)c1cnc2ccsc2c1. The van der Waals surface area contributed by atoms with E-state index in [2.05, 4.69) is 45.9 Å². The smallest absolute Gasteiger partial charge is 0.0809 e. The zero-order valence-corrected chi connectivity index (χ0v) is 12.5. The van der Waals surface area contributed by atoms with Gasteiger partial charge in [-0.15, -0.1) is 11.3 Å². The van der Waals surface area contributed by atoms with Crippen LogP contribution in [0.1, 0.15) is 24.2 Å². The molecule has 5 heteroatoms. The number of aromatic nitrogens is 3. The van der Waals surface area contributed by atoms with Crippen LogP contribution >= 0.6 is 11.3 Å². The van der Waals surface area contributed by atoms with E-state index in [1.54, 1.807) is 11.3 Å². The van der Waals surface area contributed by atoms with E-state index in [-0.39, 0.29) is 0 Å². The van der Waals surface area contributed by atoms with E-state index in [0.29, 0.717) is 6.04 Å². The van der Waals surface area contributed by atoms with E-state index in [1.165, 1.54) is 16.0 Å². The van der Waals surface area contributed by atoms with Crippen molar-refractivity contribution in [3.63, 3.8) is 0 Å². The van der Waals surface area contributed by atoms with Crippen molar-refractivity contribution >= 4 is 21.6 Å². The van der Waals surface area contributed by atoms with Gasteiger partial charge in [-0.2, -0.15) is 5.10 Å². The first kappa shape index (κ1) is 13.3. The number of hydrogen-bond donors (Lipinski definition) is 1. The van der Waals surface area contributed by atoms with Crippen LogP contribution in [0.5, 0.6) is 0 Å². The van der Waals surface area contributed by atoms with Gasteiger partial charge in [-0.1, -0.05) is 0 Å². The number of fused-ring (bicyclic) bond motifs is 1. The minimum atomic E-state index is 0.308. The Morgan fingerprint density at radius 1 is 1.40 bits per heavy atom. The summed E-state index contributed by atoms with van der Waals surface area (Å²) in [5.74, 6) is 0. The molecule has 0 aromatic carbocycles. The Hall–Kier alpha value is -1.72. The van der Waals surface area contributed by atoms with E-state index in [0.717, 1.165) is 18.5 Å². The van der Waals surface area contributed by atoms with Crippen molar-refractivity contribution in [1.82, 2.24) is 20.1 Å². The molecule has 3 rings (SSSR count). The second kappa shape index (κ2) is 5.73. The third kappa shape index (κ3) is 2.73. The number of aryl methyl sites for hydroxylation is 1. The van der Waals surface area contributed by atoms with Crippen molar-refractivity contribution in [1.29, 1.82) is 0 Å². The highest BCUT2D eigenvalue weighted by atomic mass is 32.1. The number of nitrogens with one attached hydrogen (secondary N) is 1. The highest BCUT2D eigenvalue weighted by molar-refractivity contribution is 7.17. The van der Waals surface area contributed by atoms with Crippen molar-refractivity contribution in [2.45, 2.75) is 19.4 Å². The minimum absolute atomic E-state index is 0.308. The van der Waals surface area contributed by atoms with Crippen molar-refractivity contribution < 1.29 is 0 Å². The first-order valence-electron chi connectivity index (χ1n) is 6.77. The van der Waals surface area contributed by atoms with Gasteiger partial charge < -0.3 is 5.32 Å². The van der Waals surface area contributed by atoms with Crippen molar-refractivity contribution in [2.24, 2.45) is 7.05 Å². The quantitative estimate of drug-likeness (QED) is 0.784. The highest BCUT2D eigenvalue weighted by Gasteiger charge is 2.07. The molecule has 1 unspecified atom stereocenters. The van der Waals surface area contributed by atoms with Gasteiger partial charge in [0.15, 0.2) is 0 Å².